The fourth-order valence-corrected chi connectivity index (χ4v) is 3.37. The van der Waals surface area contributed by atoms with Gasteiger partial charge in [-0.2, -0.15) is 17.0 Å². The van der Waals surface area contributed by atoms with Gasteiger partial charge in [0.25, 0.3) is 5.91 Å². The average Bonchev–Trinajstić information content (AvgIpc) is 2.78. The lowest BCUT2D eigenvalue weighted by atomic mass is 9.97. The lowest BCUT2D eigenvalue weighted by Gasteiger charge is -2.31. The van der Waals surface area contributed by atoms with Crippen molar-refractivity contribution in [3.05, 3.63) is 23.5 Å². The topological polar surface area (TPSA) is 78.0 Å². The number of nitriles is 1. The van der Waals surface area contributed by atoms with Crippen LogP contribution in [0.5, 0.6) is 0 Å². The number of aliphatic hydroxyl groups is 1. The number of hydrogen-bond donors (Lipinski definition) is 2. The number of amides is 1. The summed E-state index contributed by atoms with van der Waals surface area (Å²) >= 11 is 1.82. The van der Waals surface area contributed by atoms with Crippen LogP contribution in [-0.2, 0) is 7.05 Å². The Labute approximate surface area is 116 Å². The molecule has 2 heterocycles. The molecule has 0 spiro atoms. The zero-order chi connectivity index (χ0) is 13.9. The Morgan fingerprint density at radius 1 is 1.63 bits per heavy atom. The van der Waals surface area contributed by atoms with E-state index in [9.17, 15) is 9.90 Å². The SMILES string of the molecule is Cn1cc(C#N)cc1C(=O)NCC1(O)CCSCC1. The van der Waals surface area contributed by atoms with Gasteiger partial charge in [-0.1, -0.05) is 0 Å². The second kappa shape index (κ2) is 5.68. The van der Waals surface area contributed by atoms with E-state index in [0.29, 0.717) is 24.1 Å². The Balaban J connectivity index is 1.97. The maximum atomic E-state index is 12.0. The number of carbonyl (C=O) groups is 1. The molecule has 0 radical (unpaired) electrons. The maximum absolute atomic E-state index is 12.0. The van der Waals surface area contributed by atoms with Gasteiger partial charge in [-0.3, -0.25) is 4.79 Å². The normalized spacial score (nSPS) is 17.7. The van der Waals surface area contributed by atoms with Crippen molar-refractivity contribution < 1.29 is 9.90 Å². The first-order valence-electron chi connectivity index (χ1n) is 6.19. The highest BCUT2D eigenvalue weighted by Crippen LogP contribution is 2.26. The molecule has 1 amide bonds. The summed E-state index contributed by atoms with van der Waals surface area (Å²) in [6.45, 7) is 0.263. The van der Waals surface area contributed by atoms with Crippen LogP contribution < -0.4 is 5.32 Å². The van der Waals surface area contributed by atoms with Crippen LogP contribution in [0.1, 0.15) is 28.9 Å². The van der Waals surface area contributed by atoms with Gasteiger partial charge in [0.2, 0.25) is 0 Å². The molecule has 0 aliphatic carbocycles. The third-order valence-corrected chi connectivity index (χ3v) is 4.35. The number of rotatable bonds is 3. The van der Waals surface area contributed by atoms with Crippen molar-refractivity contribution in [3.8, 4) is 6.07 Å². The van der Waals surface area contributed by atoms with Crippen LogP contribution >= 0.6 is 11.8 Å². The molecule has 2 rings (SSSR count). The van der Waals surface area contributed by atoms with E-state index in [2.05, 4.69) is 5.32 Å². The van der Waals surface area contributed by atoms with Crippen LogP contribution in [-0.4, -0.2) is 39.2 Å². The summed E-state index contributed by atoms with van der Waals surface area (Å²) in [6.07, 6.45) is 3.02. The van der Waals surface area contributed by atoms with E-state index in [0.717, 1.165) is 11.5 Å². The van der Waals surface area contributed by atoms with Gasteiger partial charge in [0.05, 0.1) is 11.2 Å². The minimum absolute atomic E-state index is 0.254. The van der Waals surface area contributed by atoms with Crippen LogP contribution in [0.4, 0.5) is 0 Å². The lowest BCUT2D eigenvalue weighted by molar-refractivity contribution is 0.0310. The van der Waals surface area contributed by atoms with Crippen molar-refractivity contribution in [1.29, 1.82) is 5.26 Å². The molecule has 6 heteroatoms. The standard InChI is InChI=1S/C13H17N3O2S/c1-16-8-10(7-14)6-11(16)12(17)15-9-13(18)2-4-19-5-3-13/h6,8,18H,2-5,9H2,1H3,(H,15,17). The zero-order valence-electron chi connectivity index (χ0n) is 10.8. The van der Waals surface area contributed by atoms with E-state index in [4.69, 9.17) is 5.26 Å². The van der Waals surface area contributed by atoms with E-state index in [-0.39, 0.29) is 12.5 Å². The maximum Gasteiger partial charge on any atom is 0.268 e. The van der Waals surface area contributed by atoms with Gasteiger partial charge in [0, 0.05) is 19.8 Å². The molecule has 1 saturated heterocycles. The minimum atomic E-state index is -0.788. The van der Waals surface area contributed by atoms with Crippen molar-refractivity contribution in [3.63, 3.8) is 0 Å². The van der Waals surface area contributed by atoms with Gasteiger partial charge in [-0.05, 0) is 30.4 Å². The van der Waals surface area contributed by atoms with Crippen molar-refractivity contribution in [2.45, 2.75) is 18.4 Å². The highest BCUT2D eigenvalue weighted by molar-refractivity contribution is 7.99. The second-order valence-electron chi connectivity index (χ2n) is 4.86. The Hall–Kier alpha value is -1.45. The number of carbonyl (C=O) groups excluding carboxylic acids is 1. The molecule has 0 unspecified atom stereocenters. The number of nitrogens with zero attached hydrogens (tertiary/aromatic N) is 2. The van der Waals surface area contributed by atoms with E-state index in [1.807, 2.05) is 17.8 Å². The first-order chi connectivity index (χ1) is 9.04. The van der Waals surface area contributed by atoms with E-state index >= 15 is 0 Å². The van der Waals surface area contributed by atoms with E-state index < -0.39 is 5.60 Å². The number of aromatic nitrogens is 1. The van der Waals surface area contributed by atoms with Crippen LogP contribution in [0.3, 0.4) is 0 Å². The molecule has 5 nitrogen and oxygen atoms in total. The first-order valence-corrected chi connectivity index (χ1v) is 7.34. The van der Waals surface area contributed by atoms with E-state index in [1.165, 1.54) is 0 Å². The second-order valence-corrected chi connectivity index (χ2v) is 6.08. The van der Waals surface area contributed by atoms with Crippen LogP contribution in [0.15, 0.2) is 12.3 Å². The summed E-state index contributed by atoms with van der Waals surface area (Å²) in [5.74, 6) is 1.60. The van der Waals surface area contributed by atoms with Crippen molar-refractivity contribution in [1.82, 2.24) is 9.88 Å². The molecule has 102 valence electrons. The molecule has 0 bridgehead atoms. The summed E-state index contributed by atoms with van der Waals surface area (Å²) < 4.78 is 1.62. The van der Waals surface area contributed by atoms with Gasteiger partial charge in [-0.25, -0.2) is 0 Å². The predicted molar refractivity (Wildman–Crippen MR) is 74.0 cm³/mol. The molecule has 1 aliphatic heterocycles. The first kappa shape index (κ1) is 14.0. The summed E-state index contributed by atoms with van der Waals surface area (Å²) in [6, 6.07) is 3.55. The Kier molecular flexibility index (Phi) is 4.17. The van der Waals surface area contributed by atoms with Crippen LogP contribution in [0.25, 0.3) is 0 Å². The van der Waals surface area contributed by atoms with Crippen molar-refractivity contribution in [2.24, 2.45) is 7.05 Å². The molecular formula is C13H17N3O2S. The number of hydrogen-bond acceptors (Lipinski definition) is 4. The molecule has 1 aromatic heterocycles. The summed E-state index contributed by atoms with van der Waals surface area (Å²) in [4.78, 5) is 12.0. The summed E-state index contributed by atoms with van der Waals surface area (Å²) in [5, 5.41) is 21.9. The molecule has 2 N–H and O–H groups in total. The van der Waals surface area contributed by atoms with Gasteiger partial charge in [0.1, 0.15) is 11.8 Å². The summed E-state index contributed by atoms with van der Waals surface area (Å²) in [5.41, 5.74) is 0.107. The quantitative estimate of drug-likeness (QED) is 0.861. The third-order valence-electron chi connectivity index (χ3n) is 3.37. The van der Waals surface area contributed by atoms with Crippen LogP contribution in [0.2, 0.25) is 0 Å². The van der Waals surface area contributed by atoms with Crippen molar-refractivity contribution in [2.75, 3.05) is 18.1 Å². The van der Waals surface area contributed by atoms with Gasteiger partial charge in [-0.15, -0.1) is 0 Å². The fraction of sp³-hybridized carbons (Fsp3) is 0.538. The number of thioether (sulfide) groups is 1. The minimum Gasteiger partial charge on any atom is -0.388 e. The van der Waals surface area contributed by atoms with Gasteiger partial charge in [0.15, 0.2) is 0 Å². The smallest absolute Gasteiger partial charge is 0.268 e. The highest BCUT2D eigenvalue weighted by atomic mass is 32.2. The highest BCUT2D eigenvalue weighted by Gasteiger charge is 2.30. The molecule has 19 heavy (non-hydrogen) atoms. The Morgan fingerprint density at radius 3 is 2.89 bits per heavy atom. The fourth-order valence-electron chi connectivity index (χ4n) is 2.11. The predicted octanol–water partition coefficient (Wildman–Crippen LogP) is 0.885. The molecule has 0 saturated carbocycles. The van der Waals surface area contributed by atoms with Crippen molar-refractivity contribution >= 4 is 17.7 Å². The molecule has 0 aromatic carbocycles. The molecule has 1 aromatic rings. The van der Waals surface area contributed by atoms with Crippen LogP contribution in [0, 0.1) is 11.3 Å². The molecule has 1 aliphatic rings. The molecular weight excluding hydrogens is 262 g/mol. The molecule has 1 fully saturated rings. The Bertz CT molecular complexity index is 512. The third kappa shape index (κ3) is 3.31. The molecule has 0 atom stereocenters. The number of nitrogens with one attached hydrogen (secondary N) is 1. The zero-order valence-corrected chi connectivity index (χ0v) is 11.7. The van der Waals surface area contributed by atoms with Gasteiger partial charge >= 0.3 is 0 Å². The lowest BCUT2D eigenvalue weighted by Crippen LogP contribution is -2.45. The monoisotopic (exact) mass is 279 g/mol. The van der Waals surface area contributed by atoms with Gasteiger partial charge < -0.3 is 15.0 Å². The summed E-state index contributed by atoms with van der Waals surface area (Å²) in [7, 11) is 1.72. The average molecular weight is 279 g/mol. The largest absolute Gasteiger partial charge is 0.388 e. The number of aryl methyl sites for hydroxylation is 1. The Morgan fingerprint density at radius 2 is 2.32 bits per heavy atom. The van der Waals surface area contributed by atoms with E-state index in [1.54, 1.807) is 23.9 Å².